The Labute approximate surface area is 206 Å². The Hall–Kier alpha value is -1.48. The fourth-order valence-electron chi connectivity index (χ4n) is 6.14. The summed E-state index contributed by atoms with van der Waals surface area (Å²) in [6.07, 6.45) is 28.5. The molecule has 2 fully saturated rings. The minimum absolute atomic E-state index is 0.755. The number of hydrogen-bond acceptors (Lipinski definition) is 0. The van der Waals surface area contributed by atoms with Gasteiger partial charge in [0.15, 0.2) is 0 Å². The van der Waals surface area contributed by atoms with E-state index in [1.807, 2.05) is 0 Å². The molecule has 0 radical (unpaired) electrons. The third-order valence-corrected chi connectivity index (χ3v) is 8.47. The molecule has 0 aromatic heterocycles. The van der Waals surface area contributed by atoms with Gasteiger partial charge in [-0.1, -0.05) is 102 Å². The standard InChI is InChI=1S/C33H50/c1-3-5-7-9-13-28-16-18-29(19-17-28)14-10-11-15-31-22-26-33(27-23-31)32-24-20-30(21-25-32)12-8-6-4-2/h10,14,22-23,26-30,32H,3-9,12-13,16-21,24-25H2,1-2H3. The molecule has 0 heteroatoms. The van der Waals surface area contributed by atoms with Crippen molar-refractivity contribution in [2.24, 2.45) is 17.8 Å². The lowest BCUT2D eigenvalue weighted by atomic mass is 9.77. The van der Waals surface area contributed by atoms with E-state index in [1.54, 1.807) is 0 Å². The molecule has 1 aromatic rings. The zero-order valence-electron chi connectivity index (χ0n) is 21.8. The van der Waals surface area contributed by atoms with Crippen LogP contribution in [0.25, 0.3) is 0 Å². The first kappa shape index (κ1) is 26.1. The van der Waals surface area contributed by atoms with Gasteiger partial charge in [0, 0.05) is 5.56 Å². The van der Waals surface area contributed by atoms with Gasteiger partial charge in [-0.2, -0.15) is 0 Å². The molecule has 1 aromatic carbocycles. The highest BCUT2D eigenvalue weighted by molar-refractivity contribution is 5.39. The van der Waals surface area contributed by atoms with E-state index in [9.17, 15) is 0 Å². The summed E-state index contributed by atoms with van der Waals surface area (Å²) in [6.45, 7) is 4.61. The SMILES string of the molecule is CCCCCCC1CCC(C=CC#Cc2ccc(C3CCC(CCCCC)CC3)cc2)CC1. The molecule has 2 saturated carbocycles. The molecule has 0 aliphatic heterocycles. The second-order valence-electron chi connectivity index (χ2n) is 11.1. The Morgan fingerprint density at radius 3 is 1.91 bits per heavy atom. The monoisotopic (exact) mass is 446 g/mol. The zero-order valence-corrected chi connectivity index (χ0v) is 21.8. The van der Waals surface area contributed by atoms with E-state index < -0.39 is 0 Å². The smallest absolute Gasteiger partial charge is 0.0249 e. The summed E-state index contributed by atoms with van der Waals surface area (Å²) in [5, 5.41) is 0. The third kappa shape index (κ3) is 9.73. The summed E-state index contributed by atoms with van der Waals surface area (Å²) >= 11 is 0. The van der Waals surface area contributed by atoms with Gasteiger partial charge in [0.25, 0.3) is 0 Å². The van der Waals surface area contributed by atoms with Crippen LogP contribution in [0.3, 0.4) is 0 Å². The van der Waals surface area contributed by atoms with Crippen molar-refractivity contribution in [2.45, 2.75) is 129 Å². The summed E-state index contributed by atoms with van der Waals surface area (Å²) in [5.41, 5.74) is 2.70. The maximum Gasteiger partial charge on any atom is 0.0249 e. The van der Waals surface area contributed by atoms with E-state index in [0.717, 1.165) is 29.2 Å². The second-order valence-corrected chi connectivity index (χ2v) is 11.1. The van der Waals surface area contributed by atoms with Gasteiger partial charge >= 0.3 is 0 Å². The Morgan fingerprint density at radius 1 is 0.697 bits per heavy atom. The molecule has 182 valence electrons. The minimum atomic E-state index is 0.755. The van der Waals surface area contributed by atoms with Crippen molar-refractivity contribution < 1.29 is 0 Å². The van der Waals surface area contributed by atoms with Crippen LogP contribution in [0.2, 0.25) is 0 Å². The van der Waals surface area contributed by atoms with Crippen LogP contribution in [0.1, 0.15) is 140 Å². The molecule has 0 saturated heterocycles. The van der Waals surface area contributed by atoms with Crippen molar-refractivity contribution in [3.8, 4) is 11.8 Å². The van der Waals surface area contributed by atoms with Crippen LogP contribution >= 0.6 is 0 Å². The topological polar surface area (TPSA) is 0 Å². The van der Waals surface area contributed by atoms with Crippen molar-refractivity contribution in [1.29, 1.82) is 0 Å². The van der Waals surface area contributed by atoms with Crippen LogP contribution in [0.5, 0.6) is 0 Å². The largest absolute Gasteiger partial charge is 0.0730 e. The van der Waals surface area contributed by atoms with Gasteiger partial charge in [-0.05, 0) is 98.8 Å². The first-order valence-corrected chi connectivity index (χ1v) is 14.6. The molecular weight excluding hydrogens is 396 g/mol. The molecule has 2 aliphatic carbocycles. The van der Waals surface area contributed by atoms with Gasteiger partial charge < -0.3 is 0 Å². The molecule has 0 N–H and O–H groups in total. The Morgan fingerprint density at radius 2 is 1.27 bits per heavy atom. The van der Waals surface area contributed by atoms with Crippen LogP contribution in [0.15, 0.2) is 36.4 Å². The molecule has 0 spiro atoms. The van der Waals surface area contributed by atoms with Crippen molar-refractivity contribution >= 4 is 0 Å². The first-order chi connectivity index (χ1) is 16.3. The van der Waals surface area contributed by atoms with Crippen molar-refractivity contribution in [1.82, 2.24) is 0 Å². The van der Waals surface area contributed by atoms with Crippen LogP contribution in [-0.2, 0) is 0 Å². The van der Waals surface area contributed by atoms with Crippen LogP contribution in [0, 0.1) is 29.6 Å². The Kier molecular flexibility index (Phi) is 12.2. The first-order valence-electron chi connectivity index (χ1n) is 14.6. The van der Waals surface area contributed by atoms with Gasteiger partial charge in [0.1, 0.15) is 0 Å². The average Bonchev–Trinajstić information content (AvgIpc) is 2.86. The van der Waals surface area contributed by atoms with Crippen LogP contribution in [-0.4, -0.2) is 0 Å². The normalized spacial score (nSPS) is 25.6. The van der Waals surface area contributed by atoms with Gasteiger partial charge in [0.2, 0.25) is 0 Å². The third-order valence-electron chi connectivity index (χ3n) is 8.47. The molecule has 0 heterocycles. The Bertz CT molecular complexity index is 712. The average molecular weight is 447 g/mol. The van der Waals surface area contributed by atoms with Crippen molar-refractivity contribution in [3.63, 3.8) is 0 Å². The molecular formula is C33H50. The predicted octanol–water partition coefficient (Wildman–Crippen LogP) is 10.2. The fourth-order valence-corrected chi connectivity index (χ4v) is 6.14. The van der Waals surface area contributed by atoms with Crippen LogP contribution in [0.4, 0.5) is 0 Å². The second kappa shape index (κ2) is 15.4. The summed E-state index contributed by atoms with van der Waals surface area (Å²) in [6, 6.07) is 9.18. The van der Waals surface area contributed by atoms with E-state index in [2.05, 4.69) is 62.1 Å². The highest BCUT2D eigenvalue weighted by Gasteiger charge is 2.22. The summed E-state index contributed by atoms with van der Waals surface area (Å²) in [4.78, 5) is 0. The predicted molar refractivity (Wildman–Crippen MR) is 146 cm³/mol. The number of benzene rings is 1. The van der Waals surface area contributed by atoms with Gasteiger partial charge in [0.05, 0.1) is 0 Å². The molecule has 0 unspecified atom stereocenters. The van der Waals surface area contributed by atoms with Gasteiger partial charge in [-0.25, -0.2) is 0 Å². The molecule has 0 amide bonds. The quantitative estimate of drug-likeness (QED) is 0.234. The van der Waals surface area contributed by atoms with E-state index in [0.29, 0.717) is 0 Å². The van der Waals surface area contributed by atoms with Gasteiger partial charge in [-0.15, -0.1) is 0 Å². The molecule has 0 bridgehead atoms. The number of rotatable bonds is 11. The minimum Gasteiger partial charge on any atom is -0.0730 e. The highest BCUT2D eigenvalue weighted by Crippen LogP contribution is 2.38. The maximum atomic E-state index is 3.36. The lowest BCUT2D eigenvalue weighted by molar-refractivity contribution is 0.289. The fraction of sp³-hybridized carbons (Fsp3) is 0.697. The van der Waals surface area contributed by atoms with Gasteiger partial charge in [-0.3, -0.25) is 0 Å². The number of hydrogen-bond donors (Lipinski definition) is 0. The molecule has 3 rings (SSSR count). The summed E-state index contributed by atoms with van der Waals surface area (Å²) < 4.78 is 0. The Balaban J connectivity index is 1.35. The molecule has 33 heavy (non-hydrogen) atoms. The molecule has 2 aliphatic rings. The van der Waals surface area contributed by atoms with Crippen LogP contribution < -0.4 is 0 Å². The van der Waals surface area contributed by atoms with Crippen molar-refractivity contribution in [3.05, 3.63) is 47.5 Å². The number of unbranched alkanes of at least 4 members (excludes halogenated alkanes) is 5. The maximum absolute atomic E-state index is 3.36. The zero-order chi connectivity index (χ0) is 23.1. The lowest BCUT2D eigenvalue weighted by Crippen LogP contribution is -2.13. The highest BCUT2D eigenvalue weighted by atomic mass is 14.3. The summed E-state index contributed by atoms with van der Waals surface area (Å²) in [5.74, 6) is 10.2. The number of allylic oxidation sites excluding steroid dienone is 2. The lowest BCUT2D eigenvalue weighted by Gasteiger charge is -2.29. The van der Waals surface area contributed by atoms with E-state index in [4.69, 9.17) is 0 Å². The molecule has 0 nitrogen and oxygen atoms in total. The van der Waals surface area contributed by atoms with E-state index in [1.165, 1.54) is 115 Å². The molecule has 0 atom stereocenters. The summed E-state index contributed by atoms with van der Waals surface area (Å²) in [7, 11) is 0. The van der Waals surface area contributed by atoms with Crippen molar-refractivity contribution in [2.75, 3.05) is 0 Å². The van der Waals surface area contributed by atoms with E-state index >= 15 is 0 Å². The van der Waals surface area contributed by atoms with E-state index in [-0.39, 0.29) is 0 Å².